The van der Waals surface area contributed by atoms with Crippen LogP contribution in [0, 0.1) is 0 Å². The van der Waals surface area contributed by atoms with Crippen LogP contribution in [0.2, 0.25) is 0 Å². The summed E-state index contributed by atoms with van der Waals surface area (Å²) in [5.41, 5.74) is 0. The van der Waals surface area contributed by atoms with Crippen molar-refractivity contribution >= 4 is 17.8 Å². The van der Waals surface area contributed by atoms with Gasteiger partial charge in [0.1, 0.15) is 0 Å². The molecule has 1 N–H and O–H groups in total. The van der Waals surface area contributed by atoms with Crippen LogP contribution >= 0.6 is 0 Å². The van der Waals surface area contributed by atoms with E-state index in [1.54, 1.807) is 7.05 Å². The molecule has 0 amide bonds. The van der Waals surface area contributed by atoms with E-state index in [0.29, 0.717) is 17.8 Å². The summed E-state index contributed by atoms with van der Waals surface area (Å²) < 4.78 is 0. The second-order valence-electron chi connectivity index (χ2n) is 3.54. The van der Waals surface area contributed by atoms with Gasteiger partial charge in [0.25, 0.3) is 0 Å². The number of aromatic nitrogens is 3. The van der Waals surface area contributed by atoms with Crippen molar-refractivity contribution in [2.45, 2.75) is 13.8 Å². The van der Waals surface area contributed by atoms with Gasteiger partial charge in [-0.3, -0.25) is 0 Å². The summed E-state index contributed by atoms with van der Waals surface area (Å²) in [5, 5.41) is 2.95. The number of anilines is 3. The minimum atomic E-state index is 0.598. The first-order valence-corrected chi connectivity index (χ1v) is 5.48. The van der Waals surface area contributed by atoms with E-state index in [2.05, 4.69) is 34.1 Å². The van der Waals surface area contributed by atoms with Gasteiger partial charge in [-0.25, -0.2) is 0 Å². The van der Waals surface area contributed by atoms with Crippen molar-refractivity contribution in [3.63, 3.8) is 0 Å². The van der Waals surface area contributed by atoms with Crippen LogP contribution in [0.4, 0.5) is 17.8 Å². The number of rotatable bonds is 5. The molecule has 1 heterocycles. The van der Waals surface area contributed by atoms with Gasteiger partial charge in [0.15, 0.2) is 0 Å². The fourth-order valence-corrected chi connectivity index (χ4v) is 1.09. The highest BCUT2D eigenvalue weighted by Crippen LogP contribution is 2.14. The zero-order chi connectivity index (χ0) is 12.1. The summed E-state index contributed by atoms with van der Waals surface area (Å²) in [6.45, 7) is 5.85. The van der Waals surface area contributed by atoms with Crippen molar-refractivity contribution < 1.29 is 0 Å². The van der Waals surface area contributed by atoms with E-state index in [0.717, 1.165) is 13.1 Å². The minimum Gasteiger partial charge on any atom is -0.357 e. The van der Waals surface area contributed by atoms with E-state index >= 15 is 0 Å². The van der Waals surface area contributed by atoms with Crippen molar-refractivity contribution in [3.05, 3.63) is 0 Å². The van der Waals surface area contributed by atoms with Gasteiger partial charge in [-0.15, -0.1) is 0 Å². The molecule has 0 aliphatic carbocycles. The van der Waals surface area contributed by atoms with Crippen LogP contribution in [-0.4, -0.2) is 49.2 Å². The van der Waals surface area contributed by atoms with Gasteiger partial charge in [0, 0.05) is 34.2 Å². The molecule has 0 aromatic carbocycles. The van der Waals surface area contributed by atoms with E-state index in [1.807, 2.05) is 23.9 Å². The highest BCUT2D eigenvalue weighted by Gasteiger charge is 2.10. The van der Waals surface area contributed by atoms with Crippen LogP contribution in [0.3, 0.4) is 0 Å². The fraction of sp³-hybridized carbons (Fsp3) is 0.700. The molecule has 6 nitrogen and oxygen atoms in total. The third-order valence-corrected chi connectivity index (χ3v) is 2.47. The van der Waals surface area contributed by atoms with Crippen LogP contribution in [0.5, 0.6) is 0 Å². The Morgan fingerprint density at radius 2 is 1.38 bits per heavy atom. The molecule has 1 aromatic rings. The number of hydrogen-bond acceptors (Lipinski definition) is 6. The normalized spacial score (nSPS) is 10.1. The lowest BCUT2D eigenvalue weighted by molar-refractivity contribution is 0.845. The van der Waals surface area contributed by atoms with Crippen LogP contribution in [0.15, 0.2) is 0 Å². The molecular formula is C10H20N6. The third-order valence-electron chi connectivity index (χ3n) is 2.47. The van der Waals surface area contributed by atoms with Crippen molar-refractivity contribution in [3.8, 4) is 0 Å². The quantitative estimate of drug-likeness (QED) is 0.799. The molecule has 0 radical (unpaired) electrons. The zero-order valence-electron chi connectivity index (χ0n) is 10.7. The predicted molar refractivity (Wildman–Crippen MR) is 67.3 cm³/mol. The maximum Gasteiger partial charge on any atom is 0.231 e. The second kappa shape index (κ2) is 5.48. The van der Waals surface area contributed by atoms with Gasteiger partial charge in [-0.2, -0.15) is 15.0 Å². The predicted octanol–water partition coefficient (Wildman–Crippen LogP) is 0.825. The summed E-state index contributed by atoms with van der Waals surface area (Å²) in [7, 11) is 5.73. The molecule has 0 saturated heterocycles. The first-order valence-electron chi connectivity index (χ1n) is 5.48. The summed E-state index contributed by atoms with van der Waals surface area (Å²) in [6.07, 6.45) is 0. The van der Waals surface area contributed by atoms with Crippen LogP contribution < -0.4 is 15.1 Å². The van der Waals surface area contributed by atoms with Crippen molar-refractivity contribution in [1.82, 2.24) is 15.0 Å². The molecule has 1 aromatic heterocycles. The number of nitrogens with one attached hydrogen (secondary N) is 1. The molecular weight excluding hydrogens is 204 g/mol. The van der Waals surface area contributed by atoms with E-state index in [-0.39, 0.29) is 0 Å². The lowest BCUT2D eigenvalue weighted by Gasteiger charge is -2.19. The Labute approximate surface area is 96.7 Å². The van der Waals surface area contributed by atoms with Gasteiger partial charge in [0.2, 0.25) is 17.8 Å². The SMILES string of the molecule is CCN(C)c1nc(NC)nc(N(C)CC)n1. The summed E-state index contributed by atoms with van der Waals surface area (Å²) in [6, 6.07) is 0. The standard InChI is InChI=1S/C10H20N6/c1-6-15(4)9-12-8(11-3)13-10(14-9)16(5)7-2/h6-7H2,1-5H3,(H,11,12,13,14). The van der Waals surface area contributed by atoms with Crippen LogP contribution in [0.25, 0.3) is 0 Å². The van der Waals surface area contributed by atoms with Gasteiger partial charge >= 0.3 is 0 Å². The molecule has 0 bridgehead atoms. The average molecular weight is 224 g/mol. The fourth-order valence-electron chi connectivity index (χ4n) is 1.09. The van der Waals surface area contributed by atoms with E-state index in [9.17, 15) is 0 Å². The molecule has 90 valence electrons. The Balaban J connectivity index is 3.10. The van der Waals surface area contributed by atoms with Crippen molar-refractivity contribution in [1.29, 1.82) is 0 Å². The molecule has 0 unspecified atom stereocenters. The highest BCUT2D eigenvalue weighted by atomic mass is 15.3. The molecule has 0 aliphatic heterocycles. The maximum atomic E-state index is 4.41. The van der Waals surface area contributed by atoms with Crippen LogP contribution in [0.1, 0.15) is 13.8 Å². The molecule has 0 aliphatic rings. The van der Waals surface area contributed by atoms with Gasteiger partial charge in [-0.1, -0.05) is 0 Å². The molecule has 0 saturated carbocycles. The summed E-state index contributed by atoms with van der Waals surface area (Å²) in [5.74, 6) is 1.98. The van der Waals surface area contributed by atoms with E-state index in [1.165, 1.54) is 0 Å². The van der Waals surface area contributed by atoms with Gasteiger partial charge in [0.05, 0.1) is 0 Å². The van der Waals surface area contributed by atoms with E-state index < -0.39 is 0 Å². The Morgan fingerprint density at radius 1 is 0.938 bits per heavy atom. The van der Waals surface area contributed by atoms with Gasteiger partial charge < -0.3 is 15.1 Å². The highest BCUT2D eigenvalue weighted by molar-refractivity contribution is 5.44. The monoisotopic (exact) mass is 224 g/mol. The Kier molecular flexibility index (Phi) is 4.28. The molecule has 0 fully saturated rings. The molecule has 0 spiro atoms. The second-order valence-corrected chi connectivity index (χ2v) is 3.54. The largest absolute Gasteiger partial charge is 0.357 e. The number of hydrogen-bond donors (Lipinski definition) is 1. The topological polar surface area (TPSA) is 57.2 Å². The molecule has 16 heavy (non-hydrogen) atoms. The lowest BCUT2D eigenvalue weighted by atomic mass is 10.6. The first-order chi connectivity index (χ1) is 7.62. The Hall–Kier alpha value is -1.59. The Bertz CT molecular complexity index is 312. The first kappa shape index (κ1) is 12.5. The average Bonchev–Trinajstić information content (AvgIpc) is 2.35. The minimum absolute atomic E-state index is 0.598. The smallest absolute Gasteiger partial charge is 0.231 e. The van der Waals surface area contributed by atoms with Crippen molar-refractivity contribution in [2.75, 3.05) is 49.3 Å². The lowest BCUT2D eigenvalue weighted by Crippen LogP contribution is -2.24. The third kappa shape index (κ3) is 2.71. The summed E-state index contributed by atoms with van der Waals surface area (Å²) >= 11 is 0. The molecule has 0 atom stereocenters. The molecule has 1 rings (SSSR count). The maximum absolute atomic E-state index is 4.41. The molecule has 6 heteroatoms. The van der Waals surface area contributed by atoms with Gasteiger partial charge in [-0.05, 0) is 13.8 Å². The Morgan fingerprint density at radius 3 is 1.69 bits per heavy atom. The zero-order valence-corrected chi connectivity index (χ0v) is 10.7. The van der Waals surface area contributed by atoms with Crippen LogP contribution in [-0.2, 0) is 0 Å². The van der Waals surface area contributed by atoms with Crippen molar-refractivity contribution in [2.24, 2.45) is 0 Å². The summed E-state index contributed by atoms with van der Waals surface area (Å²) in [4.78, 5) is 17.0. The van der Waals surface area contributed by atoms with E-state index in [4.69, 9.17) is 0 Å². The number of nitrogens with zero attached hydrogens (tertiary/aromatic N) is 5.